The van der Waals surface area contributed by atoms with E-state index in [4.69, 9.17) is 5.73 Å². The number of amides is 2. The SMILES string of the molecule is CN1C(=O)CC(NS(=O)(=O)c2cccnc2CN)C1=O. The predicted octanol–water partition coefficient (Wildman–Crippen LogP) is -1.42. The van der Waals surface area contributed by atoms with E-state index in [1.807, 2.05) is 0 Å². The van der Waals surface area contributed by atoms with Crippen molar-refractivity contribution in [3.63, 3.8) is 0 Å². The van der Waals surface area contributed by atoms with E-state index >= 15 is 0 Å². The number of carbonyl (C=O) groups excluding carboxylic acids is 2. The molecule has 108 valence electrons. The van der Waals surface area contributed by atoms with Crippen LogP contribution in [0, 0.1) is 0 Å². The molecule has 3 N–H and O–H groups in total. The van der Waals surface area contributed by atoms with Crippen LogP contribution in [-0.4, -0.2) is 43.2 Å². The maximum atomic E-state index is 12.2. The molecule has 1 saturated heterocycles. The molecule has 0 radical (unpaired) electrons. The molecule has 1 aromatic heterocycles. The van der Waals surface area contributed by atoms with Crippen LogP contribution >= 0.6 is 0 Å². The Morgan fingerprint density at radius 2 is 2.20 bits per heavy atom. The van der Waals surface area contributed by atoms with E-state index in [1.165, 1.54) is 25.4 Å². The number of sulfonamides is 1. The van der Waals surface area contributed by atoms with E-state index in [-0.39, 0.29) is 23.6 Å². The number of aromatic nitrogens is 1. The van der Waals surface area contributed by atoms with Crippen molar-refractivity contribution in [1.82, 2.24) is 14.6 Å². The summed E-state index contributed by atoms with van der Waals surface area (Å²) in [5.41, 5.74) is 5.64. The van der Waals surface area contributed by atoms with Gasteiger partial charge in [0.1, 0.15) is 10.9 Å². The Balaban J connectivity index is 2.29. The van der Waals surface area contributed by atoms with E-state index in [0.717, 1.165) is 4.90 Å². The second kappa shape index (κ2) is 5.27. The van der Waals surface area contributed by atoms with E-state index in [0.29, 0.717) is 0 Å². The topological polar surface area (TPSA) is 122 Å². The number of nitrogens with two attached hydrogens (primary N) is 1. The van der Waals surface area contributed by atoms with Crippen molar-refractivity contribution in [2.75, 3.05) is 7.05 Å². The lowest BCUT2D eigenvalue weighted by Crippen LogP contribution is -2.41. The molecule has 0 aliphatic carbocycles. The van der Waals surface area contributed by atoms with Gasteiger partial charge < -0.3 is 5.73 Å². The van der Waals surface area contributed by atoms with Gasteiger partial charge in [-0.2, -0.15) is 4.72 Å². The zero-order valence-corrected chi connectivity index (χ0v) is 11.6. The summed E-state index contributed by atoms with van der Waals surface area (Å²) < 4.78 is 26.7. The lowest BCUT2D eigenvalue weighted by molar-refractivity contribution is -0.137. The summed E-state index contributed by atoms with van der Waals surface area (Å²) >= 11 is 0. The van der Waals surface area contributed by atoms with Crippen LogP contribution in [0.25, 0.3) is 0 Å². The smallest absolute Gasteiger partial charge is 0.247 e. The van der Waals surface area contributed by atoms with Crippen molar-refractivity contribution in [1.29, 1.82) is 0 Å². The summed E-state index contributed by atoms with van der Waals surface area (Å²) in [6.45, 7) is -0.0471. The molecule has 9 heteroatoms. The Hall–Kier alpha value is -1.84. The standard InChI is InChI=1S/C11H14N4O4S/c1-15-10(16)5-7(11(15)17)14-20(18,19)9-3-2-4-13-8(9)6-12/h2-4,7,14H,5-6,12H2,1H3. The fourth-order valence-electron chi connectivity index (χ4n) is 1.92. The molecule has 2 heterocycles. The van der Waals surface area contributed by atoms with E-state index in [9.17, 15) is 18.0 Å². The highest BCUT2D eigenvalue weighted by atomic mass is 32.2. The minimum absolute atomic E-state index is 0.0471. The van der Waals surface area contributed by atoms with Crippen molar-refractivity contribution in [3.8, 4) is 0 Å². The van der Waals surface area contributed by atoms with Gasteiger partial charge in [-0.05, 0) is 12.1 Å². The number of rotatable bonds is 4. The maximum Gasteiger partial charge on any atom is 0.247 e. The zero-order valence-electron chi connectivity index (χ0n) is 10.7. The molecule has 8 nitrogen and oxygen atoms in total. The lowest BCUT2D eigenvalue weighted by Gasteiger charge is -2.13. The Labute approximate surface area is 116 Å². The van der Waals surface area contributed by atoms with Gasteiger partial charge in [-0.3, -0.25) is 19.5 Å². The van der Waals surface area contributed by atoms with Crippen LogP contribution in [0.5, 0.6) is 0 Å². The average Bonchev–Trinajstić information content (AvgIpc) is 2.66. The third kappa shape index (κ3) is 2.55. The summed E-state index contributed by atoms with van der Waals surface area (Å²) in [5, 5.41) is 0. The maximum absolute atomic E-state index is 12.2. The van der Waals surface area contributed by atoms with E-state index < -0.39 is 27.9 Å². The molecule has 0 spiro atoms. The first-order valence-electron chi connectivity index (χ1n) is 5.83. The van der Waals surface area contributed by atoms with Crippen LogP contribution in [0.1, 0.15) is 12.1 Å². The summed E-state index contributed by atoms with van der Waals surface area (Å²) in [7, 11) is -2.64. The summed E-state index contributed by atoms with van der Waals surface area (Å²) in [5.74, 6) is -0.996. The van der Waals surface area contributed by atoms with Crippen LogP contribution in [0.4, 0.5) is 0 Å². The molecule has 2 rings (SSSR count). The number of nitrogens with zero attached hydrogens (tertiary/aromatic N) is 2. The van der Waals surface area contributed by atoms with Gasteiger partial charge in [0.05, 0.1) is 12.1 Å². The highest BCUT2D eigenvalue weighted by molar-refractivity contribution is 7.89. The number of carbonyl (C=O) groups is 2. The molecule has 1 fully saturated rings. The van der Waals surface area contributed by atoms with Gasteiger partial charge in [-0.25, -0.2) is 8.42 Å². The number of hydrogen-bond acceptors (Lipinski definition) is 6. The first kappa shape index (κ1) is 14.6. The minimum atomic E-state index is -3.96. The molecule has 0 bridgehead atoms. The molecule has 20 heavy (non-hydrogen) atoms. The highest BCUT2D eigenvalue weighted by Gasteiger charge is 2.39. The van der Waals surface area contributed by atoms with Crippen LogP contribution in [-0.2, 0) is 26.2 Å². The van der Waals surface area contributed by atoms with Crippen LogP contribution in [0.2, 0.25) is 0 Å². The molecular weight excluding hydrogens is 284 g/mol. The molecule has 1 aliphatic heterocycles. The molecule has 1 aliphatic rings. The third-order valence-corrected chi connectivity index (χ3v) is 4.56. The first-order valence-corrected chi connectivity index (χ1v) is 7.32. The Morgan fingerprint density at radius 1 is 1.50 bits per heavy atom. The molecule has 2 amide bonds. The fourth-order valence-corrected chi connectivity index (χ4v) is 3.31. The third-order valence-electron chi connectivity index (χ3n) is 3.01. The molecule has 1 atom stereocenters. The second-order valence-corrected chi connectivity index (χ2v) is 6.00. The van der Waals surface area contributed by atoms with Crippen LogP contribution < -0.4 is 10.5 Å². The van der Waals surface area contributed by atoms with Crippen molar-refractivity contribution in [3.05, 3.63) is 24.0 Å². The zero-order chi connectivity index (χ0) is 14.9. The number of likely N-dealkylation sites (tertiary alicyclic amines) is 1. The van der Waals surface area contributed by atoms with Gasteiger partial charge in [0, 0.05) is 19.8 Å². The number of nitrogens with one attached hydrogen (secondary N) is 1. The van der Waals surface area contributed by atoms with Crippen molar-refractivity contribution < 1.29 is 18.0 Å². The number of hydrogen-bond donors (Lipinski definition) is 2. The highest BCUT2D eigenvalue weighted by Crippen LogP contribution is 2.17. The second-order valence-electron chi connectivity index (χ2n) is 4.32. The van der Waals surface area contributed by atoms with Crippen molar-refractivity contribution >= 4 is 21.8 Å². The average molecular weight is 298 g/mol. The summed E-state index contributed by atoms with van der Waals surface area (Å²) in [6.07, 6.45) is 1.24. The predicted molar refractivity (Wildman–Crippen MR) is 68.6 cm³/mol. The minimum Gasteiger partial charge on any atom is -0.325 e. The number of imide groups is 1. The lowest BCUT2D eigenvalue weighted by atomic mass is 10.3. The molecule has 0 aromatic carbocycles. The van der Waals surface area contributed by atoms with Gasteiger partial charge in [-0.15, -0.1) is 0 Å². The van der Waals surface area contributed by atoms with Crippen LogP contribution in [0.15, 0.2) is 23.2 Å². The monoisotopic (exact) mass is 298 g/mol. The normalized spacial score (nSPS) is 19.7. The number of pyridine rings is 1. The van der Waals surface area contributed by atoms with E-state index in [1.54, 1.807) is 0 Å². The van der Waals surface area contributed by atoms with Gasteiger partial charge in [0.25, 0.3) is 0 Å². The summed E-state index contributed by atoms with van der Waals surface area (Å²) in [6, 6.07) is 1.73. The van der Waals surface area contributed by atoms with Crippen LogP contribution in [0.3, 0.4) is 0 Å². The van der Waals surface area contributed by atoms with Gasteiger partial charge >= 0.3 is 0 Å². The Bertz CT molecular complexity index is 658. The Kier molecular flexibility index (Phi) is 3.84. The van der Waals surface area contributed by atoms with Crippen molar-refractivity contribution in [2.24, 2.45) is 5.73 Å². The van der Waals surface area contributed by atoms with Gasteiger partial charge in [0.2, 0.25) is 21.8 Å². The summed E-state index contributed by atoms with van der Waals surface area (Å²) in [4.78, 5) is 27.8. The van der Waals surface area contributed by atoms with Gasteiger partial charge in [0.15, 0.2) is 0 Å². The molecule has 1 aromatic rings. The van der Waals surface area contributed by atoms with E-state index in [2.05, 4.69) is 9.71 Å². The molecular formula is C11H14N4O4S. The number of likely N-dealkylation sites (N-methyl/N-ethyl adjacent to an activating group) is 1. The fraction of sp³-hybridized carbons (Fsp3) is 0.364. The molecule has 1 unspecified atom stereocenters. The largest absolute Gasteiger partial charge is 0.325 e. The van der Waals surface area contributed by atoms with Crippen molar-refractivity contribution in [2.45, 2.75) is 23.9 Å². The Morgan fingerprint density at radius 3 is 2.75 bits per heavy atom. The molecule has 0 saturated carbocycles. The first-order chi connectivity index (χ1) is 9.36. The quantitative estimate of drug-likeness (QED) is 0.657. The van der Waals surface area contributed by atoms with Gasteiger partial charge in [-0.1, -0.05) is 0 Å².